The van der Waals surface area contributed by atoms with E-state index in [4.69, 9.17) is 0 Å². The number of hydrogen-bond donors (Lipinski definition) is 1. The summed E-state index contributed by atoms with van der Waals surface area (Å²) >= 11 is 3.62. The normalized spacial score (nSPS) is 9.55. The van der Waals surface area contributed by atoms with Gasteiger partial charge in [-0.1, -0.05) is 0 Å². The first-order valence-electron chi connectivity index (χ1n) is 3.11. The van der Waals surface area contributed by atoms with Gasteiger partial charge < -0.3 is 0 Å². The Hall–Kier alpha value is -0.970. The smallest absolute Gasteiger partial charge is 0.186 e. The van der Waals surface area contributed by atoms with Crippen LogP contribution in [0.5, 0.6) is 0 Å². The molecular weight excluding hydrogens is 162 g/mol. The van der Waals surface area contributed by atoms with Gasteiger partial charge in [0.1, 0.15) is 18.5 Å². The molecule has 0 radical (unpaired) electrons. The van der Waals surface area contributed by atoms with Crippen LogP contribution in [0.25, 0.3) is 0 Å². The minimum atomic E-state index is -0.148. The first-order chi connectivity index (χ1) is 5.29. The highest BCUT2D eigenvalue weighted by Gasteiger charge is 1.97. The van der Waals surface area contributed by atoms with Crippen molar-refractivity contribution in [3.05, 3.63) is 18.5 Å². The molecule has 11 heavy (non-hydrogen) atoms. The number of hydrogen-bond acceptors (Lipinski definition) is 4. The Bertz CT molecular complexity index is 239. The lowest BCUT2D eigenvalue weighted by atomic mass is 10.3. The SMILES string of the molecule is O=C(S)CCc1ncncn1. The third-order valence-corrected chi connectivity index (χ3v) is 1.33. The molecular formula is C6H7N3OS. The quantitative estimate of drug-likeness (QED) is 0.659. The fourth-order valence-electron chi connectivity index (χ4n) is 0.611. The van der Waals surface area contributed by atoms with E-state index in [0.717, 1.165) is 0 Å². The van der Waals surface area contributed by atoms with Gasteiger partial charge in [0.2, 0.25) is 0 Å². The van der Waals surface area contributed by atoms with Gasteiger partial charge in [-0.05, 0) is 0 Å². The van der Waals surface area contributed by atoms with E-state index < -0.39 is 0 Å². The van der Waals surface area contributed by atoms with E-state index in [9.17, 15) is 4.79 Å². The van der Waals surface area contributed by atoms with Gasteiger partial charge in [0.05, 0.1) is 0 Å². The Labute approximate surface area is 69.5 Å². The first kappa shape index (κ1) is 8.13. The van der Waals surface area contributed by atoms with Gasteiger partial charge in [-0.15, -0.1) is 12.6 Å². The summed E-state index contributed by atoms with van der Waals surface area (Å²) in [4.78, 5) is 21.7. The van der Waals surface area contributed by atoms with Crippen molar-refractivity contribution >= 4 is 17.7 Å². The summed E-state index contributed by atoms with van der Waals surface area (Å²) in [5, 5.41) is -0.148. The molecule has 1 aromatic heterocycles. The molecule has 0 saturated carbocycles. The van der Waals surface area contributed by atoms with E-state index in [1.165, 1.54) is 12.7 Å². The van der Waals surface area contributed by atoms with Crippen molar-refractivity contribution in [2.75, 3.05) is 0 Å². The summed E-state index contributed by atoms with van der Waals surface area (Å²) < 4.78 is 0. The molecule has 0 aromatic carbocycles. The number of aryl methyl sites for hydroxylation is 1. The number of rotatable bonds is 3. The Balaban J connectivity index is 2.45. The molecule has 4 nitrogen and oxygen atoms in total. The minimum Gasteiger partial charge on any atom is -0.287 e. The van der Waals surface area contributed by atoms with E-state index in [0.29, 0.717) is 18.7 Å². The highest BCUT2D eigenvalue weighted by molar-refractivity contribution is 7.96. The van der Waals surface area contributed by atoms with E-state index in [1.54, 1.807) is 0 Å². The molecule has 1 rings (SSSR count). The van der Waals surface area contributed by atoms with Gasteiger partial charge in [-0.2, -0.15) is 0 Å². The second-order valence-electron chi connectivity index (χ2n) is 1.95. The molecule has 0 atom stereocenters. The summed E-state index contributed by atoms with van der Waals surface area (Å²) in [7, 11) is 0. The van der Waals surface area contributed by atoms with Crippen LogP contribution < -0.4 is 0 Å². The van der Waals surface area contributed by atoms with Crippen molar-refractivity contribution in [2.24, 2.45) is 0 Å². The van der Waals surface area contributed by atoms with Crippen LogP contribution in [0.4, 0.5) is 0 Å². The maximum absolute atomic E-state index is 10.4. The minimum absolute atomic E-state index is 0.148. The van der Waals surface area contributed by atoms with E-state index in [1.807, 2.05) is 0 Å². The number of aromatic nitrogens is 3. The van der Waals surface area contributed by atoms with E-state index in [-0.39, 0.29) is 5.12 Å². The summed E-state index contributed by atoms with van der Waals surface area (Å²) in [6, 6.07) is 0. The zero-order valence-corrected chi connectivity index (χ0v) is 6.66. The Morgan fingerprint density at radius 2 is 2.09 bits per heavy atom. The van der Waals surface area contributed by atoms with Crippen LogP contribution in [0.3, 0.4) is 0 Å². The van der Waals surface area contributed by atoms with Crippen molar-refractivity contribution in [3.8, 4) is 0 Å². The highest BCUT2D eigenvalue weighted by Crippen LogP contribution is 1.95. The maximum atomic E-state index is 10.4. The predicted octanol–water partition coefficient (Wildman–Crippen LogP) is 0.261. The van der Waals surface area contributed by atoms with Crippen LogP contribution in [0, 0.1) is 0 Å². The summed E-state index contributed by atoms with van der Waals surface area (Å²) in [6.07, 6.45) is 3.72. The average molecular weight is 169 g/mol. The van der Waals surface area contributed by atoms with Gasteiger partial charge in [0, 0.05) is 12.8 Å². The van der Waals surface area contributed by atoms with Crippen LogP contribution in [-0.4, -0.2) is 20.1 Å². The molecule has 0 fully saturated rings. The fraction of sp³-hybridized carbons (Fsp3) is 0.333. The molecule has 0 N–H and O–H groups in total. The average Bonchev–Trinajstić information content (AvgIpc) is 2.03. The molecule has 0 unspecified atom stereocenters. The lowest BCUT2D eigenvalue weighted by Crippen LogP contribution is -1.97. The Kier molecular flexibility index (Phi) is 2.97. The van der Waals surface area contributed by atoms with Crippen LogP contribution in [-0.2, 0) is 11.2 Å². The van der Waals surface area contributed by atoms with Crippen LogP contribution in [0.2, 0.25) is 0 Å². The number of carbonyl (C=O) groups excluding carboxylic acids is 1. The molecule has 58 valence electrons. The molecule has 0 amide bonds. The van der Waals surface area contributed by atoms with Gasteiger partial charge >= 0.3 is 0 Å². The van der Waals surface area contributed by atoms with Gasteiger partial charge in [-0.25, -0.2) is 15.0 Å². The van der Waals surface area contributed by atoms with Gasteiger partial charge in [0.15, 0.2) is 5.12 Å². The summed E-state index contributed by atoms with van der Waals surface area (Å²) in [6.45, 7) is 0. The number of nitrogens with zero attached hydrogens (tertiary/aromatic N) is 3. The predicted molar refractivity (Wildman–Crippen MR) is 42.1 cm³/mol. The standard InChI is InChI=1S/C6H7N3OS/c10-6(11)2-1-5-8-3-7-4-9-5/h3-4H,1-2H2,(H,10,11). The van der Waals surface area contributed by atoms with Crippen molar-refractivity contribution in [1.29, 1.82) is 0 Å². The van der Waals surface area contributed by atoms with Crippen molar-refractivity contribution in [2.45, 2.75) is 12.8 Å². The second-order valence-corrected chi connectivity index (χ2v) is 2.45. The zero-order valence-electron chi connectivity index (χ0n) is 5.77. The zero-order chi connectivity index (χ0) is 8.10. The fourth-order valence-corrected chi connectivity index (χ4v) is 0.723. The molecule has 0 saturated heterocycles. The molecule has 0 spiro atoms. The third-order valence-electron chi connectivity index (χ3n) is 1.11. The molecule has 0 aliphatic carbocycles. The molecule has 1 aromatic rings. The molecule has 1 heterocycles. The van der Waals surface area contributed by atoms with Gasteiger partial charge in [0.25, 0.3) is 0 Å². The van der Waals surface area contributed by atoms with Crippen molar-refractivity contribution < 1.29 is 4.79 Å². The van der Waals surface area contributed by atoms with Crippen molar-refractivity contribution in [3.63, 3.8) is 0 Å². The monoisotopic (exact) mass is 169 g/mol. The van der Waals surface area contributed by atoms with Crippen LogP contribution >= 0.6 is 12.6 Å². The van der Waals surface area contributed by atoms with Crippen LogP contribution in [0.15, 0.2) is 12.7 Å². The molecule has 5 heteroatoms. The lowest BCUT2D eigenvalue weighted by molar-refractivity contribution is -0.110. The largest absolute Gasteiger partial charge is 0.287 e. The van der Waals surface area contributed by atoms with E-state index >= 15 is 0 Å². The Morgan fingerprint density at radius 1 is 1.45 bits per heavy atom. The topological polar surface area (TPSA) is 55.7 Å². The maximum Gasteiger partial charge on any atom is 0.186 e. The molecule has 0 aliphatic rings. The van der Waals surface area contributed by atoms with Crippen molar-refractivity contribution in [1.82, 2.24) is 15.0 Å². The number of thiol groups is 1. The second kappa shape index (κ2) is 4.02. The van der Waals surface area contributed by atoms with E-state index in [2.05, 4.69) is 27.6 Å². The number of carbonyl (C=O) groups is 1. The van der Waals surface area contributed by atoms with Crippen LogP contribution in [0.1, 0.15) is 12.2 Å². The Morgan fingerprint density at radius 3 is 2.64 bits per heavy atom. The molecule has 0 aliphatic heterocycles. The third kappa shape index (κ3) is 3.08. The summed E-state index contributed by atoms with van der Waals surface area (Å²) in [5.41, 5.74) is 0. The molecule has 0 bridgehead atoms. The van der Waals surface area contributed by atoms with Gasteiger partial charge in [-0.3, -0.25) is 4.79 Å². The summed E-state index contributed by atoms with van der Waals surface area (Å²) in [5.74, 6) is 0.627. The lowest BCUT2D eigenvalue weighted by Gasteiger charge is -1.93. The highest BCUT2D eigenvalue weighted by atomic mass is 32.1. The first-order valence-corrected chi connectivity index (χ1v) is 3.56.